The van der Waals surface area contributed by atoms with E-state index in [-0.39, 0.29) is 19.8 Å². The van der Waals surface area contributed by atoms with E-state index in [1.54, 1.807) is 6.92 Å². The van der Waals surface area contributed by atoms with Gasteiger partial charge in [-0.05, 0) is 53.8 Å². The average Bonchev–Trinajstić information content (AvgIpc) is 2.67. The van der Waals surface area contributed by atoms with Crippen LogP contribution in [0.3, 0.4) is 0 Å². The van der Waals surface area contributed by atoms with Crippen LogP contribution in [0, 0.1) is 0 Å². The molecule has 0 spiro atoms. The summed E-state index contributed by atoms with van der Waals surface area (Å²) in [5, 5.41) is 0. The molecule has 0 saturated heterocycles. The lowest BCUT2D eigenvalue weighted by molar-refractivity contribution is -0.109. The number of carbonyl (C=O) groups is 1. The Morgan fingerprint density at radius 3 is 2.12 bits per heavy atom. The summed E-state index contributed by atoms with van der Waals surface area (Å²) in [6.45, 7) is 15.0. The Morgan fingerprint density at radius 1 is 1.12 bits per heavy atom. The predicted molar refractivity (Wildman–Crippen MR) is 121 cm³/mol. The standard InChI is InChI=1S/C14H22O4P2.C3H9P.C2H6/c1-4-14(19-12(3)15)11-17-20(16-5-2)18-13-9-7-6-8-10-13;1-3-4-2;1-2/h6-10,14,19H,4-5,11H2,1-3H3;4H,3H2,1-2H3;1-2H3. The fourth-order valence-electron chi connectivity index (χ4n) is 1.46. The molecule has 0 amide bonds. The van der Waals surface area contributed by atoms with Crippen LogP contribution in [0.4, 0.5) is 0 Å². The van der Waals surface area contributed by atoms with Crippen LogP contribution in [0.5, 0.6) is 5.75 Å². The van der Waals surface area contributed by atoms with E-state index < -0.39 is 8.60 Å². The Labute approximate surface area is 165 Å². The SMILES string of the molecule is CC.CCOP(OCC(CC)PC(C)=O)Oc1ccccc1.CCPC. The van der Waals surface area contributed by atoms with Crippen molar-refractivity contribution in [1.29, 1.82) is 0 Å². The predicted octanol–water partition coefficient (Wildman–Crippen LogP) is 6.69. The molecular weight excluding hydrogens is 385 g/mol. The first-order valence-electron chi connectivity index (χ1n) is 9.27. The van der Waals surface area contributed by atoms with E-state index in [9.17, 15) is 4.79 Å². The molecule has 26 heavy (non-hydrogen) atoms. The molecule has 0 aliphatic rings. The van der Waals surface area contributed by atoms with Crippen LogP contribution < -0.4 is 4.52 Å². The van der Waals surface area contributed by atoms with E-state index in [0.29, 0.717) is 13.2 Å². The van der Waals surface area contributed by atoms with Gasteiger partial charge in [0.1, 0.15) is 11.3 Å². The van der Waals surface area contributed by atoms with E-state index in [2.05, 4.69) is 20.5 Å². The average molecular weight is 422 g/mol. The topological polar surface area (TPSA) is 44.8 Å². The molecule has 1 aromatic rings. The molecule has 0 radical (unpaired) electrons. The van der Waals surface area contributed by atoms with Gasteiger partial charge in [0.2, 0.25) is 0 Å². The molecule has 4 unspecified atom stereocenters. The van der Waals surface area contributed by atoms with Crippen molar-refractivity contribution in [1.82, 2.24) is 0 Å². The van der Waals surface area contributed by atoms with E-state index in [0.717, 1.165) is 20.8 Å². The second-order valence-electron chi connectivity index (χ2n) is 4.85. The normalized spacial score (nSPS) is 12.9. The van der Waals surface area contributed by atoms with Crippen molar-refractivity contribution < 1.29 is 18.4 Å². The van der Waals surface area contributed by atoms with Crippen molar-refractivity contribution in [2.45, 2.75) is 53.6 Å². The minimum Gasteiger partial charge on any atom is -0.427 e. The Morgan fingerprint density at radius 2 is 1.69 bits per heavy atom. The van der Waals surface area contributed by atoms with Crippen LogP contribution in [0.1, 0.15) is 48.0 Å². The van der Waals surface area contributed by atoms with Gasteiger partial charge in [0.15, 0.2) is 0 Å². The smallest absolute Gasteiger partial charge is 0.397 e. The molecule has 0 aliphatic carbocycles. The number of hydrogen-bond acceptors (Lipinski definition) is 4. The van der Waals surface area contributed by atoms with E-state index >= 15 is 0 Å². The zero-order chi connectivity index (χ0) is 20.2. The highest BCUT2D eigenvalue weighted by molar-refractivity contribution is 7.58. The highest BCUT2D eigenvalue weighted by Crippen LogP contribution is 2.41. The molecule has 0 heterocycles. The quantitative estimate of drug-likeness (QED) is 0.373. The Hall–Kier alpha value is -0.100. The van der Waals surface area contributed by atoms with Crippen molar-refractivity contribution in [3.8, 4) is 5.75 Å². The Bertz CT molecular complexity index is 417. The van der Waals surface area contributed by atoms with Crippen LogP contribution in [0.2, 0.25) is 0 Å². The minimum atomic E-state index is -1.41. The van der Waals surface area contributed by atoms with Crippen LogP contribution in [-0.4, -0.2) is 37.2 Å². The fourth-order valence-corrected chi connectivity index (χ4v) is 3.53. The second kappa shape index (κ2) is 21.2. The molecular formula is C19H37O4P3. The molecule has 0 aliphatic heterocycles. The monoisotopic (exact) mass is 422 g/mol. The van der Waals surface area contributed by atoms with Crippen LogP contribution in [0.15, 0.2) is 30.3 Å². The largest absolute Gasteiger partial charge is 0.427 e. The highest BCUT2D eigenvalue weighted by Gasteiger charge is 2.18. The zero-order valence-electron chi connectivity index (χ0n) is 17.4. The summed E-state index contributed by atoms with van der Waals surface area (Å²) in [6, 6.07) is 9.47. The lowest BCUT2D eigenvalue weighted by Gasteiger charge is -2.19. The molecule has 0 bridgehead atoms. The van der Waals surface area contributed by atoms with Gasteiger partial charge in [-0.15, -0.1) is 8.58 Å². The van der Waals surface area contributed by atoms with Crippen LogP contribution in [0.25, 0.3) is 0 Å². The molecule has 0 saturated carbocycles. The van der Waals surface area contributed by atoms with Crippen molar-refractivity contribution >= 4 is 31.3 Å². The number of rotatable bonds is 11. The molecule has 0 fully saturated rings. The van der Waals surface area contributed by atoms with Gasteiger partial charge in [-0.1, -0.05) is 45.9 Å². The van der Waals surface area contributed by atoms with Crippen molar-refractivity contribution in [3.05, 3.63) is 30.3 Å². The lowest BCUT2D eigenvalue weighted by atomic mass is 10.3. The molecule has 7 heteroatoms. The summed E-state index contributed by atoms with van der Waals surface area (Å²) in [5.74, 6) is 0.731. The molecule has 1 aromatic carbocycles. The van der Waals surface area contributed by atoms with Crippen molar-refractivity contribution in [2.75, 3.05) is 26.0 Å². The van der Waals surface area contributed by atoms with Gasteiger partial charge in [-0.2, -0.15) is 0 Å². The molecule has 0 aromatic heterocycles. The van der Waals surface area contributed by atoms with Crippen molar-refractivity contribution in [3.63, 3.8) is 0 Å². The van der Waals surface area contributed by atoms with Crippen molar-refractivity contribution in [2.24, 2.45) is 0 Å². The van der Waals surface area contributed by atoms with Crippen LogP contribution >= 0.6 is 25.8 Å². The van der Waals surface area contributed by atoms with Gasteiger partial charge in [0.25, 0.3) is 0 Å². The van der Waals surface area contributed by atoms with E-state index in [1.807, 2.05) is 51.1 Å². The highest BCUT2D eigenvalue weighted by atomic mass is 31.2. The summed E-state index contributed by atoms with van der Waals surface area (Å²) >= 11 is 0. The van der Waals surface area contributed by atoms with E-state index in [4.69, 9.17) is 13.6 Å². The number of carbonyl (C=O) groups excluding carboxylic acids is 1. The molecule has 4 nitrogen and oxygen atoms in total. The lowest BCUT2D eigenvalue weighted by Crippen LogP contribution is -2.11. The maximum absolute atomic E-state index is 11.2. The first-order valence-corrected chi connectivity index (χ1v) is 13.2. The first-order chi connectivity index (χ1) is 12.6. The minimum absolute atomic E-state index is 0.213. The Balaban J connectivity index is 0. The van der Waals surface area contributed by atoms with Gasteiger partial charge < -0.3 is 13.6 Å². The van der Waals surface area contributed by atoms with Crippen LogP contribution in [-0.2, 0) is 13.8 Å². The summed E-state index contributed by atoms with van der Waals surface area (Å²) in [7, 11) is 0.0180. The fraction of sp³-hybridized carbons (Fsp3) is 0.632. The van der Waals surface area contributed by atoms with Gasteiger partial charge in [0.05, 0.1) is 13.2 Å². The number of benzene rings is 1. The number of para-hydroxylation sites is 1. The second-order valence-corrected chi connectivity index (χ2v) is 9.22. The molecule has 4 atom stereocenters. The summed E-state index contributed by atoms with van der Waals surface area (Å²) in [5.41, 5.74) is 0.461. The van der Waals surface area contributed by atoms with E-state index in [1.165, 1.54) is 6.16 Å². The Kier molecular flexibility index (Phi) is 22.9. The first kappa shape index (κ1) is 28.1. The van der Waals surface area contributed by atoms with Gasteiger partial charge in [-0.3, -0.25) is 4.79 Å². The summed E-state index contributed by atoms with van der Waals surface area (Å²) < 4.78 is 16.9. The van der Waals surface area contributed by atoms with Gasteiger partial charge >= 0.3 is 8.60 Å². The third kappa shape index (κ3) is 17.3. The molecule has 152 valence electrons. The van der Waals surface area contributed by atoms with Gasteiger partial charge in [0, 0.05) is 5.66 Å². The third-order valence-electron chi connectivity index (χ3n) is 2.79. The summed E-state index contributed by atoms with van der Waals surface area (Å²) in [6.07, 6.45) is 2.26. The summed E-state index contributed by atoms with van der Waals surface area (Å²) in [4.78, 5) is 11.2. The molecule has 1 rings (SSSR count). The maximum Gasteiger partial charge on any atom is 0.397 e. The molecule has 0 N–H and O–H groups in total. The third-order valence-corrected chi connectivity index (χ3v) is 6.08. The zero-order valence-corrected chi connectivity index (χ0v) is 20.3. The number of hydrogen-bond donors (Lipinski definition) is 0. The maximum atomic E-state index is 11.2. The van der Waals surface area contributed by atoms with Gasteiger partial charge in [-0.25, -0.2) is 0 Å².